The van der Waals surface area contributed by atoms with E-state index in [9.17, 15) is 9.59 Å². The van der Waals surface area contributed by atoms with Gasteiger partial charge in [0.25, 0.3) is 0 Å². The number of ether oxygens (including phenoxy) is 3. The number of anilines is 1. The van der Waals surface area contributed by atoms with Crippen molar-refractivity contribution >= 4 is 39.6 Å². The molecule has 0 spiro atoms. The number of hydrogen-bond donors (Lipinski definition) is 2. The number of hydrogen-bond acceptors (Lipinski definition) is 6. The van der Waals surface area contributed by atoms with Crippen molar-refractivity contribution in [3.63, 3.8) is 0 Å². The van der Waals surface area contributed by atoms with Gasteiger partial charge >= 0.3 is 11.8 Å². The predicted octanol–water partition coefficient (Wildman–Crippen LogP) is 2.56. The van der Waals surface area contributed by atoms with Gasteiger partial charge in [0, 0.05) is 17.3 Å². The summed E-state index contributed by atoms with van der Waals surface area (Å²) >= 11 is 3.36. The van der Waals surface area contributed by atoms with E-state index < -0.39 is 11.8 Å². The average molecular weight is 436 g/mol. The molecule has 0 aliphatic heterocycles. The zero-order valence-corrected chi connectivity index (χ0v) is 16.5. The first kappa shape index (κ1) is 20.2. The Morgan fingerprint density at radius 1 is 0.963 bits per heavy atom. The molecule has 2 rings (SSSR count). The van der Waals surface area contributed by atoms with Crippen molar-refractivity contribution in [2.45, 2.75) is 0 Å². The van der Waals surface area contributed by atoms with Crippen LogP contribution < -0.4 is 25.0 Å². The fraction of sp³-hybridized carbons (Fsp3) is 0.167. The summed E-state index contributed by atoms with van der Waals surface area (Å²) in [4.78, 5) is 23.8. The largest absolute Gasteiger partial charge is 0.497 e. The van der Waals surface area contributed by atoms with Crippen molar-refractivity contribution in [3.8, 4) is 17.2 Å². The van der Waals surface area contributed by atoms with Gasteiger partial charge < -0.3 is 19.5 Å². The number of nitrogens with one attached hydrogen (secondary N) is 2. The number of nitrogens with zero attached hydrogens (tertiary/aromatic N) is 1. The van der Waals surface area contributed by atoms with Gasteiger partial charge in [-0.3, -0.25) is 9.59 Å². The molecule has 8 nitrogen and oxygen atoms in total. The summed E-state index contributed by atoms with van der Waals surface area (Å²) in [6, 6.07) is 9.95. The Morgan fingerprint density at radius 3 is 2.22 bits per heavy atom. The number of carbonyl (C=O) groups excluding carboxylic acids is 2. The van der Waals surface area contributed by atoms with Gasteiger partial charge in [-0.15, -0.1) is 0 Å². The van der Waals surface area contributed by atoms with Crippen molar-refractivity contribution in [2.75, 3.05) is 26.6 Å². The first-order valence-corrected chi connectivity index (χ1v) is 8.47. The van der Waals surface area contributed by atoms with Crippen molar-refractivity contribution in [1.82, 2.24) is 5.43 Å². The number of amides is 2. The van der Waals surface area contributed by atoms with Crippen LogP contribution in [0.5, 0.6) is 17.2 Å². The van der Waals surface area contributed by atoms with Gasteiger partial charge in [-0.1, -0.05) is 0 Å². The predicted molar refractivity (Wildman–Crippen MR) is 105 cm³/mol. The maximum atomic E-state index is 11.9. The van der Waals surface area contributed by atoms with Gasteiger partial charge in [0.15, 0.2) is 0 Å². The molecule has 0 aromatic heterocycles. The second-order valence-electron chi connectivity index (χ2n) is 5.11. The van der Waals surface area contributed by atoms with Gasteiger partial charge in [-0.25, -0.2) is 5.43 Å². The molecule has 0 saturated heterocycles. The lowest BCUT2D eigenvalue weighted by molar-refractivity contribution is -0.136. The van der Waals surface area contributed by atoms with Crippen LogP contribution in [0.3, 0.4) is 0 Å². The van der Waals surface area contributed by atoms with E-state index in [0.29, 0.717) is 33.0 Å². The Bertz CT molecular complexity index is 853. The molecule has 0 saturated carbocycles. The second-order valence-corrected chi connectivity index (χ2v) is 5.96. The maximum absolute atomic E-state index is 11.9. The monoisotopic (exact) mass is 435 g/mol. The Balaban J connectivity index is 1.99. The number of methoxy groups -OCH3 is 3. The second kappa shape index (κ2) is 9.58. The third-order valence-corrected chi connectivity index (χ3v) is 4.05. The van der Waals surface area contributed by atoms with Gasteiger partial charge in [-0.05, 0) is 46.3 Å². The van der Waals surface area contributed by atoms with Crippen molar-refractivity contribution < 1.29 is 23.8 Å². The quantitative estimate of drug-likeness (QED) is 0.412. The van der Waals surface area contributed by atoms with Crippen LogP contribution in [-0.2, 0) is 9.59 Å². The molecule has 0 aliphatic carbocycles. The van der Waals surface area contributed by atoms with Crippen LogP contribution >= 0.6 is 15.9 Å². The van der Waals surface area contributed by atoms with Crippen molar-refractivity contribution in [1.29, 1.82) is 0 Å². The average Bonchev–Trinajstić information content (AvgIpc) is 2.68. The van der Waals surface area contributed by atoms with E-state index in [2.05, 4.69) is 31.8 Å². The lowest BCUT2D eigenvalue weighted by atomic mass is 10.2. The zero-order valence-electron chi connectivity index (χ0n) is 14.9. The fourth-order valence-corrected chi connectivity index (χ4v) is 2.58. The number of carbonyl (C=O) groups is 2. The number of halogens is 1. The molecule has 27 heavy (non-hydrogen) atoms. The van der Waals surface area contributed by atoms with Crippen molar-refractivity contribution in [2.24, 2.45) is 5.10 Å². The minimum Gasteiger partial charge on any atom is -0.497 e. The van der Waals surface area contributed by atoms with E-state index >= 15 is 0 Å². The van der Waals surface area contributed by atoms with Crippen LogP contribution in [0.1, 0.15) is 5.56 Å². The Morgan fingerprint density at radius 2 is 1.63 bits per heavy atom. The molecule has 0 unspecified atom stereocenters. The molecule has 2 aromatic rings. The lowest BCUT2D eigenvalue weighted by Crippen LogP contribution is -2.32. The highest BCUT2D eigenvalue weighted by atomic mass is 79.9. The van der Waals surface area contributed by atoms with E-state index in [1.54, 1.807) is 36.4 Å². The van der Waals surface area contributed by atoms with Gasteiger partial charge in [0.2, 0.25) is 0 Å². The molecule has 0 aliphatic rings. The minimum absolute atomic E-state index is 0.459. The van der Waals surface area contributed by atoms with Crippen molar-refractivity contribution in [3.05, 3.63) is 46.4 Å². The molecular weight excluding hydrogens is 418 g/mol. The summed E-state index contributed by atoms with van der Waals surface area (Å²) in [7, 11) is 4.57. The van der Waals surface area contributed by atoms with Gasteiger partial charge in [0.05, 0.1) is 32.0 Å². The maximum Gasteiger partial charge on any atom is 0.329 e. The standard InChI is InChI=1S/C18H18BrN3O5/c1-25-13-6-4-12(5-7-13)21-17(23)18(24)22-20-10-11-8-14(19)16(27-3)9-15(11)26-2/h4-10H,1-3H3,(H,21,23)(H,22,24)/b20-10-. The minimum atomic E-state index is -0.909. The van der Waals surface area contributed by atoms with E-state index in [1.807, 2.05) is 0 Å². The number of hydrazone groups is 1. The van der Waals surface area contributed by atoms with Crippen LogP contribution in [0.4, 0.5) is 5.69 Å². The van der Waals surface area contributed by atoms with Gasteiger partial charge in [0.1, 0.15) is 17.2 Å². The van der Waals surface area contributed by atoms with E-state index in [0.717, 1.165) is 0 Å². The molecule has 0 bridgehead atoms. The first-order valence-electron chi connectivity index (χ1n) is 7.68. The van der Waals surface area contributed by atoms with Crippen LogP contribution in [0.2, 0.25) is 0 Å². The number of rotatable bonds is 6. The van der Waals surface area contributed by atoms with Crippen LogP contribution in [0.15, 0.2) is 46.0 Å². The van der Waals surface area contributed by atoms with E-state index in [-0.39, 0.29) is 0 Å². The first-order chi connectivity index (χ1) is 13.0. The molecular formula is C18H18BrN3O5. The molecule has 2 amide bonds. The van der Waals surface area contributed by atoms with E-state index in [1.165, 1.54) is 27.5 Å². The fourth-order valence-electron chi connectivity index (χ4n) is 2.06. The van der Waals surface area contributed by atoms with Gasteiger partial charge in [-0.2, -0.15) is 5.10 Å². The summed E-state index contributed by atoms with van der Waals surface area (Å²) in [6.07, 6.45) is 1.36. The van der Waals surface area contributed by atoms with E-state index in [4.69, 9.17) is 14.2 Å². The summed E-state index contributed by atoms with van der Waals surface area (Å²) < 4.78 is 16.2. The summed E-state index contributed by atoms with van der Waals surface area (Å²) in [5.74, 6) is -0.0295. The highest BCUT2D eigenvalue weighted by Crippen LogP contribution is 2.31. The molecule has 0 heterocycles. The third kappa shape index (κ3) is 5.45. The summed E-state index contributed by atoms with van der Waals surface area (Å²) in [5.41, 5.74) is 3.21. The molecule has 0 atom stereocenters. The molecule has 142 valence electrons. The SMILES string of the molecule is COc1ccc(NC(=O)C(=O)N/N=C\c2cc(Br)c(OC)cc2OC)cc1. The highest BCUT2D eigenvalue weighted by molar-refractivity contribution is 9.10. The zero-order chi connectivity index (χ0) is 19.8. The Hall–Kier alpha value is -3.07. The molecule has 2 N–H and O–H groups in total. The molecule has 0 radical (unpaired) electrons. The normalized spacial score (nSPS) is 10.4. The topological polar surface area (TPSA) is 98.2 Å². The van der Waals surface area contributed by atoms with Crippen LogP contribution in [0.25, 0.3) is 0 Å². The Labute approximate surface area is 164 Å². The summed E-state index contributed by atoms with van der Waals surface area (Å²) in [6.45, 7) is 0. The molecule has 0 fully saturated rings. The van der Waals surface area contributed by atoms with Crippen LogP contribution in [0, 0.1) is 0 Å². The third-order valence-electron chi connectivity index (χ3n) is 3.43. The Kier molecular flexibility index (Phi) is 7.18. The smallest absolute Gasteiger partial charge is 0.329 e. The number of benzene rings is 2. The molecule has 9 heteroatoms. The molecule has 2 aromatic carbocycles. The lowest BCUT2D eigenvalue weighted by Gasteiger charge is -2.09. The highest BCUT2D eigenvalue weighted by Gasteiger charge is 2.13. The summed E-state index contributed by atoms with van der Waals surface area (Å²) in [5, 5.41) is 6.25. The van der Waals surface area contributed by atoms with Crippen LogP contribution in [-0.4, -0.2) is 39.4 Å².